The molecule has 3 nitrogen and oxygen atoms in total. The van der Waals surface area contributed by atoms with E-state index in [1.165, 1.54) is 0 Å². The van der Waals surface area contributed by atoms with Gasteiger partial charge in [-0.05, 0) is 28.8 Å². The van der Waals surface area contributed by atoms with Crippen LogP contribution in [0.5, 0.6) is 5.75 Å². The van der Waals surface area contributed by atoms with Crippen LogP contribution >= 0.6 is 0 Å². The molecule has 0 saturated heterocycles. The number of rotatable bonds is 5. The van der Waals surface area contributed by atoms with Crippen LogP contribution in [0.4, 0.5) is 0 Å². The number of methoxy groups -OCH3 is 2. The molecule has 0 saturated carbocycles. The van der Waals surface area contributed by atoms with Crippen LogP contribution < -0.4 is 4.74 Å². The summed E-state index contributed by atoms with van der Waals surface area (Å²) < 4.78 is 10.2. The van der Waals surface area contributed by atoms with Crippen LogP contribution in [-0.4, -0.2) is 19.3 Å². The summed E-state index contributed by atoms with van der Waals surface area (Å²) in [7, 11) is 3.29. The third-order valence-electron chi connectivity index (χ3n) is 3.04. The standard InChI is InChI=1S/C16H18O3/c1-18-11-12-3-5-13(6-4-12)16(17)14-7-9-15(19-2)10-8-14/h3-10,16-17H,11H2,1-2H3. The summed E-state index contributed by atoms with van der Waals surface area (Å²) in [5.74, 6) is 0.784. The van der Waals surface area contributed by atoms with Crippen LogP contribution in [0, 0.1) is 0 Å². The first-order chi connectivity index (χ1) is 9.24. The highest BCUT2D eigenvalue weighted by molar-refractivity contribution is 5.35. The molecule has 0 aliphatic rings. The second-order valence-corrected chi connectivity index (χ2v) is 4.35. The lowest BCUT2D eigenvalue weighted by atomic mass is 10.0. The van der Waals surface area contributed by atoms with Gasteiger partial charge in [-0.2, -0.15) is 0 Å². The third-order valence-corrected chi connectivity index (χ3v) is 3.04. The molecule has 0 bridgehead atoms. The summed E-state index contributed by atoms with van der Waals surface area (Å²) >= 11 is 0. The highest BCUT2D eigenvalue weighted by Gasteiger charge is 2.10. The molecule has 3 heteroatoms. The zero-order valence-corrected chi connectivity index (χ0v) is 11.2. The van der Waals surface area contributed by atoms with Gasteiger partial charge in [-0.15, -0.1) is 0 Å². The predicted octanol–water partition coefficient (Wildman–Crippen LogP) is 2.92. The van der Waals surface area contributed by atoms with Crippen LogP contribution in [0.3, 0.4) is 0 Å². The topological polar surface area (TPSA) is 38.7 Å². The molecule has 0 aliphatic heterocycles. The Balaban J connectivity index is 2.15. The van der Waals surface area contributed by atoms with Crippen molar-refractivity contribution in [3.05, 3.63) is 65.2 Å². The predicted molar refractivity (Wildman–Crippen MR) is 74.2 cm³/mol. The molecule has 2 aromatic carbocycles. The van der Waals surface area contributed by atoms with Gasteiger partial charge in [-0.1, -0.05) is 36.4 Å². The maximum absolute atomic E-state index is 10.3. The average molecular weight is 258 g/mol. The summed E-state index contributed by atoms with van der Waals surface area (Å²) in [6.45, 7) is 0.582. The number of aliphatic hydroxyl groups excluding tert-OH is 1. The minimum Gasteiger partial charge on any atom is -0.497 e. The van der Waals surface area contributed by atoms with Crippen molar-refractivity contribution < 1.29 is 14.6 Å². The first kappa shape index (κ1) is 13.6. The Morgan fingerprint density at radius 1 is 0.895 bits per heavy atom. The number of hydrogen-bond acceptors (Lipinski definition) is 3. The quantitative estimate of drug-likeness (QED) is 0.896. The van der Waals surface area contributed by atoms with Crippen LogP contribution in [0.25, 0.3) is 0 Å². The average Bonchev–Trinajstić information content (AvgIpc) is 2.48. The van der Waals surface area contributed by atoms with Crippen molar-refractivity contribution in [2.24, 2.45) is 0 Å². The molecule has 1 N–H and O–H groups in total. The lowest BCUT2D eigenvalue weighted by Crippen LogP contribution is -2.00. The van der Waals surface area contributed by atoms with Crippen LogP contribution in [-0.2, 0) is 11.3 Å². The Hall–Kier alpha value is -1.84. The van der Waals surface area contributed by atoms with Gasteiger partial charge in [0, 0.05) is 7.11 Å². The monoisotopic (exact) mass is 258 g/mol. The molecule has 0 heterocycles. The summed E-state index contributed by atoms with van der Waals surface area (Å²) in [5.41, 5.74) is 2.80. The highest BCUT2D eigenvalue weighted by atomic mass is 16.5. The Labute approximate surface area is 113 Å². The number of benzene rings is 2. The summed E-state index contributed by atoms with van der Waals surface area (Å²) in [6.07, 6.45) is -0.623. The van der Waals surface area contributed by atoms with Gasteiger partial charge in [0.2, 0.25) is 0 Å². The lowest BCUT2D eigenvalue weighted by Gasteiger charge is -2.12. The Morgan fingerprint density at radius 3 is 1.89 bits per heavy atom. The summed E-state index contributed by atoms with van der Waals surface area (Å²) in [6, 6.07) is 15.2. The number of hydrogen-bond donors (Lipinski definition) is 1. The molecule has 0 radical (unpaired) electrons. The largest absolute Gasteiger partial charge is 0.497 e. The summed E-state index contributed by atoms with van der Waals surface area (Å²) in [4.78, 5) is 0. The van der Waals surface area contributed by atoms with E-state index < -0.39 is 6.10 Å². The second-order valence-electron chi connectivity index (χ2n) is 4.35. The van der Waals surface area contributed by atoms with E-state index in [4.69, 9.17) is 9.47 Å². The maximum Gasteiger partial charge on any atom is 0.118 e. The van der Waals surface area contributed by atoms with Crippen molar-refractivity contribution in [2.45, 2.75) is 12.7 Å². The van der Waals surface area contributed by atoms with Crippen molar-refractivity contribution in [1.29, 1.82) is 0 Å². The molecule has 1 atom stereocenters. The van der Waals surface area contributed by atoms with Gasteiger partial charge in [-0.25, -0.2) is 0 Å². The van der Waals surface area contributed by atoms with Crippen LogP contribution in [0.1, 0.15) is 22.8 Å². The van der Waals surface area contributed by atoms with E-state index in [9.17, 15) is 5.11 Å². The van der Waals surface area contributed by atoms with E-state index in [-0.39, 0.29) is 0 Å². The first-order valence-corrected chi connectivity index (χ1v) is 6.14. The van der Waals surface area contributed by atoms with E-state index >= 15 is 0 Å². The minimum absolute atomic E-state index is 0.582. The molecule has 0 amide bonds. The molecular weight excluding hydrogens is 240 g/mol. The van der Waals surface area contributed by atoms with Crippen molar-refractivity contribution in [2.75, 3.05) is 14.2 Å². The van der Waals surface area contributed by atoms with Crippen molar-refractivity contribution in [1.82, 2.24) is 0 Å². The fourth-order valence-electron chi connectivity index (χ4n) is 1.94. The molecule has 0 aromatic heterocycles. The van der Waals surface area contributed by atoms with Gasteiger partial charge < -0.3 is 14.6 Å². The normalized spacial score (nSPS) is 12.2. The molecule has 2 rings (SSSR count). The van der Waals surface area contributed by atoms with E-state index in [0.29, 0.717) is 6.61 Å². The zero-order chi connectivity index (χ0) is 13.7. The first-order valence-electron chi connectivity index (χ1n) is 6.14. The van der Waals surface area contributed by atoms with Crippen molar-refractivity contribution >= 4 is 0 Å². The third kappa shape index (κ3) is 3.34. The highest BCUT2D eigenvalue weighted by Crippen LogP contribution is 2.24. The van der Waals surface area contributed by atoms with Crippen molar-refractivity contribution in [3.8, 4) is 5.75 Å². The van der Waals surface area contributed by atoms with Gasteiger partial charge in [0.15, 0.2) is 0 Å². The Kier molecular flexibility index (Phi) is 4.55. The van der Waals surface area contributed by atoms with Crippen LogP contribution in [0.15, 0.2) is 48.5 Å². The molecule has 19 heavy (non-hydrogen) atoms. The van der Waals surface area contributed by atoms with Gasteiger partial charge in [0.1, 0.15) is 11.9 Å². The molecular formula is C16H18O3. The summed E-state index contributed by atoms with van der Waals surface area (Å²) in [5, 5.41) is 10.3. The van der Waals surface area contributed by atoms with Gasteiger partial charge >= 0.3 is 0 Å². The van der Waals surface area contributed by atoms with E-state index in [1.54, 1.807) is 14.2 Å². The molecule has 0 aliphatic carbocycles. The van der Waals surface area contributed by atoms with E-state index in [0.717, 1.165) is 22.4 Å². The fourth-order valence-corrected chi connectivity index (χ4v) is 1.94. The van der Waals surface area contributed by atoms with Gasteiger partial charge in [-0.3, -0.25) is 0 Å². The molecule has 0 fully saturated rings. The lowest BCUT2D eigenvalue weighted by molar-refractivity contribution is 0.184. The molecule has 1 unspecified atom stereocenters. The molecule has 100 valence electrons. The van der Waals surface area contributed by atoms with E-state index in [1.807, 2.05) is 48.5 Å². The fraction of sp³-hybridized carbons (Fsp3) is 0.250. The number of aliphatic hydroxyl groups is 1. The van der Waals surface area contributed by atoms with Gasteiger partial charge in [0.25, 0.3) is 0 Å². The van der Waals surface area contributed by atoms with Gasteiger partial charge in [0.05, 0.1) is 13.7 Å². The maximum atomic E-state index is 10.3. The van der Waals surface area contributed by atoms with E-state index in [2.05, 4.69) is 0 Å². The Bertz CT molecular complexity index is 503. The minimum atomic E-state index is -0.623. The number of ether oxygens (including phenoxy) is 2. The smallest absolute Gasteiger partial charge is 0.118 e. The SMILES string of the molecule is COCc1ccc(C(O)c2ccc(OC)cc2)cc1. The second kappa shape index (κ2) is 6.36. The molecule has 2 aromatic rings. The van der Waals surface area contributed by atoms with Crippen molar-refractivity contribution in [3.63, 3.8) is 0 Å². The zero-order valence-electron chi connectivity index (χ0n) is 11.2. The molecule has 0 spiro atoms. The van der Waals surface area contributed by atoms with Crippen LogP contribution in [0.2, 0.25) is 0 Å². The Morgan fingerprint density at radius 2 is 1.42 bits per heavy atom.